The summed E-state index contributed by atoms with van der Waals surface area (Å²) in [6.45, 7) is 6.61. The smallest absolute Gasteiger partial charge is 0.416 e. The maximum Gasteiger partial charge on any atom is 0.416 e. The van der Waals surface area contributed by atoms with Gasteiger partial charge in [0.25, 0.3) is 5.91 Å². The molecule has 1 aromatic heterocycles. The second-order valence-corrected chi connectivity index (χ2v) is 8.46. The summed E-state index contributed by atoms with van der Waals surface area (Å²) in [7, 11) is 0. The molecule has 178 valence electrons. The van der Waals surface area contributed by atoms with E-state index in [1.54, 1.807) is 25.7 Å². The zero-order valence-electron chi connectivity index (χ0n) is 18.5. The minimum Gasteiger partial charge on any atom is -0.444 e. The maximum atomic E-state index is 13.3. The Labute approximate surface area is 189 Å². The molecule has 2 heterocycles. The number of carbonyl (C=O) groups excluding carboxylic acids is 2. The summed E-state index contributed by atoms with van der Waals surface area (Å²) in [5.41, 5.74) is 4.10. The molecule has 0 spiro atoms. The van der Waals surface area contributed by atoms with Gasteiger partial charge < -0.3 is 25.0 Å². The summed E-state index contributed by atoms with van der Waals surface area (Å²) in [5.74, 6) is -1.15. The molecule has 2 aromatic rings. The van der Waals surface area contributed by atoms with Gasteiger partial charge >= 0.3 is 12.3 Å². The van der Waals surface area contributed by atoms with Crippen LogP contribution in [0.4, 0.5) is 23.7 Å². The van der Waals surface area contributed by atoms with Crippen molar-refractivity contribution in [1.29, 1.82) is 0 Å². The number of nitrogens with zero attached hydrogens (tertiary/aromatic N) is 3. The van der Waals surface area contributed by atoms with Crippen molar-refractivity contribution >= 4 is 17.7 Å². The molecule has 1 aliphatic heterocycles. The number of carbonyl (C=O) groups is 2. The van der Waals surface area contributed by atoms with E-state index in [-0.39, 0.29) is 17.2 Å². The van der Waals surface area contributed by atoms with Crippen LogP contribution in [0.15, 0.2) is 36.5 Å². The zero-order valence-corrected chi connectivity index (χ0v) is 18.5. The van der Waals surface area contributed by atoms with Gasteiger partial charge in [-0.15, -0.1) is 0 Å². The molecule has 1 saturated heterocycles. The number of aromatic nitrogens is 1. The molecule has 0 bridgehead atoms. The van der Waals surface area contributed by atoms with Crippen LogP contribution in [0.5, 0.6) is 11.6 Å². The number of anilines is 1. The molecule has 2 N–H and O–H groups in total. The quantitative estimate of drug-likeness (QED) is 0.730. The first kappa shape index (κ1) is 24.1. The van der Waals surface area contributed by atoms with Crippen LogP contribution in [0.3, 0.4) is 0 Å². The maximum absolute atomic E-state index is 13.3. The summed E-state index contributed by atoms with van der Waals surface area (Å²) in [6, 6.07) is 5.95. The van der Waals surface area contributed by atoms with Crippen LogP contribution in [0, 0.1) is 0 Å². The highest BCUT2D eigenvalue weighted by Crippen LogP contribution is 2.39. The highest BCUT2D eigenvalue weighted by molar-refractivity contribution is 5.95. The lowest BCUT2D eigenvalue weighted by atomic mass is 10.1. The molecule has 1 fully saturated rings. The molecule has 8 nitrogen and oxygen atoms in total. The van der Waals surface area contributed by atoms with Crippen LogP contribution in [0.2, 0.25) is 0 Å². The standard InChI is InChI=1S/C22H25F3N4O4/c1-21(2,3)33-20(31)29-11-9-28(10-12-29)16-7-6-14(22(23,24)25)13-17(16)32-19-15(18(26)30)5-4-8-27-19/h4-8,13H,9-12H2,1-3H3,(H2,26,30). The number of primary amides is 1. The third kappa shape index (κ3) is 6.05. The first-order valence-corrected chi connectivity index (χ1v) is 10.2. The summed E-state index contributed by atoms with van der Waals surface area (Å²) >= 11 is 0. The van der Waals surface area contributed by atoms with Gasteiger partial charge in [-0.2, -0.15) is 13.2 Å². The summed E-state index contributed by atoms with van der Waals surface area (Å²) in [5, 5.41) is 0. The second-order valence-electron chi connectivity index (χ2n) is 8.46. The van der Waals surface area contributed by atoms with E-state index in [0.717, 1.165) is 12.1 Å². The van der Waals surface area contributed by atoms with Crippen molar-refractivity contribution in [3.05, 3.63) is 47.7 Å². The number of halogens is 3. The van der Waals surface area contributed by atoms with E-state index in [1.165, 1.54) is 29.3 Å². The van der Waals surface area contributed by atoms with Crippen molar-refractivity contribution in [2.45, 2.75) is 32.5 Å². The molecule has 3 rings (SSSR count). The van der Waals surface area contributed by atoms with Crippen LogP contribution < -0.4 is 15.4 Å². The third-order valence-electron chi connectivity index (χ3n) is 4.80. The Morgan fingerprint density at radius 2 is 1.73 bits per heavy atom. The highest BCUT2D eigenvalue weighted by Gasteiger charge is 2.33. The van der Waals surface area contributed by atoms with Crippen molar-refractivity contribution in [2.75, 3.05) is 31.1 Å². The number of ether oxygens (including phenoxy) is 2. The number of piperazine rings is 1. The van der Waals surface area contributed by atoms with E-state index < -0.39 is 29.3 Å². The fourth-order valence-electron chi connectivity index (χ4n) is 3.25. The number of pyridine rings is 1. The predicted molar refractivity (Wildman–Crippen MR) is 114 cm³/mol. The Morgan fingerprint density at radius 1 is 1.06 bits per heavy atom. The van der Waals surface area contributed by atoms with Gasteiger partial charge in [0, 0.05) is 32.4 Å². The van der Waals surface area contributed by atoms with E-state index in [9.17, 15) is 22.8 Å². The van der Waals surface area contributed by atoms with Crippen LogP contribution in [0.25, 0.3) is 0 Å². The Balaban J connectivity index is 1.87. The molecule has 0 aliphatic carbocycles. The van der Waals surface area contributed by atoms with Gasteiger partial charge in [0.1, 0.15) is 11.2 Å². The van der Waals surface area contributed by atoms with E-state index in [2.05, 4.69) is 4.98 Å². The van der Waals surface area contributed by atoms with Crippen molar-refractivity contribution < 1.29 is 32.2 Å². The first-order chi connectivity index (χ1) is 15.3. The minimum atomic E-state index is -4.59. The summed E-state index contributed by atoms with van der Waals surface area (Å²) in [6.07, 6.45) is -3.71. The number of amides is 2. The van der Waals surface area contributed by atoms with E-state index in [1.807, 2.05) is 0 Å². The van der Waals surface area contributed by atoms with Crippen molar-refractivity contribution in [1.82, 2.24) is 9.88 Å². The van der Waals surface area contributed by atoms with E-state index >= 15 is 0 Å². The van der Waals surface area contributed by atoms with E-state index in [4.69, 9.17) is 15.2 Å². The Kier molecular flexibility index (Phi) is 6.71. The van der Waals surface area contributed by atoms with Crippen LogP contribution in [-0.2, 0) is 10.9 Å². The molecular weight excluding hydrogens is 441 g/mol. The SMILES string of the molecule is CC(C)(C)OC(=O)N1CCN(c2ccc(C(F)(F)F)cc2Oc2ncccc2C(N)=O)CC1. The molecule has 1 aromatic carbocycles. The number of nitrogens with two attached hydrogens (primary N) is 1. The number of hydrogen-bond donors (Lipinski definition) is 1. The van der Waals surface area contributed by atoms with E-state index in [0.29, 0.717) is 31.9 Å². The number of rotatable bonds is 4. The third-order valence-corrected chi connectivity index (χ3v) is 4.80. The van der Waals surface area contributed by atoms with Crippen LogP contribution in [0.1, 0.15) is 36.7 Å². The normalized spacial score (nSPS) is 14.7. The molecular formula is C22H25F3N4O4. The minimum absolute atomic E-state index is 0.0596. The van der Waals surface area contributed by atoms with Gasteiger partial charge in [0.2, 0.25) is 5.88 Å². The molecule has 11 heteroatoms. The predicted octanol–water partition coefficient (Wildman–Crippen LogP) is 4.05. The van der Waals surface area contributed by atoms with Crippen LogP contribution in [-0.4, -0.2) is 53.7 Å². The van der Waals surface area contributed by atoms with Crippen LogP contribution >= 0.6 is 0 Å². The van der Waals surface area contributed by atoms with Crippen molar-refractivity contribution in [3.63, 3.8) is 0 Å². The average Bonchev–Trinajstić information content (AvgIpc) is 2.72. The first-order valence-electron chi connectivity index (χ1n) is 10.2. The zero-order chi connectivity index (χ0) is 24.4. The second kappa shape index (κ2) is 9.16. The van der Waals surface area contributed by atoms with Gasteiger partial charge in [0.05, 0.1) is 11.3 Å². The molecule has 0 atom stereocenters. The highest BCUT2D eigenvalue weighted by atomic mass is 19.4. The van der Waals surface area contributed by atoms with Gasteiger partial charge in [-0.1, -0.05) is 0 Å². The van der Waals surface area contributed by atoms with Crippen molar-refractivity contribution in [2.24, 2.45) is 5.73 Å². The largest absolute Gasteiger partial charge is 0.444 e. The molecule has 0 saturated carbocycles. The lowest BCUT2D eigenvalue weighted by Gasteiger charge is -2.37. The van der Waals surface area contributed by atoms with Gasteiger partial charge in [0.15, 0.2) is 5.75 Å². The van der Waals surface area contributed by atoms with Gasteiger partial charge in [-0.05, 0) is 51.1 Å². The molecule has 0 unspecified atom stereocenters. The summed E-state index contributed by atoms with van der Waals surface area (Å²) < 4.78 is 51.1. The lowest BCUT2D eigenvalue weighted by Crippen LogP contribution is -2.50. The fraction of sp³-hybridized carbons (Fsp3) is 0.409. The number of alkyl halides is 3. The monoisotopic (exact) mass is 466 g/mol. The van der Waals surface area contributed by atoms with Gasteiger partial charge in [-0.25, -0.2) is 9.78 Å². The average molecular weight is 466 g/mol. The summed E-state index contributed by atoms with van der Waals surface area (Å²) in [4.78, 5) is 31.3. The Hall–Kier alpha value is -3.50. The topological polar surface area (TPSA) is 98.0 Å². The lowest BCUT2D eigenvalue weighted by molar-refractivity contribution is -0.137. The Morgan fingerprint density at radius 3 is 2.30 bits per heavy atom. The van der Waals surface area contributed by atoms with Crippen molar-refractivity contribution in [3.8, 4) is 11.6 Å². The molecule has 33 heavy (non-hydrogen) atoms. The fourth-order valence-corrected chi connectivity index (χ4v) is 3.25. The van der Waals surface area contributed by atoms with Gasteiger partial charge in [-0.3, -0.25) is 4.79 Å². The molecule has 0 radical (unpaired) electrons. The number of benzene rings is 1. The molecule has 2 amide bonds. The number of hydrogen-bond acceptors (Lipinski definition) is 6. The Bertz CT molecular complexity index is 1030. The molecule has 1 aliphatic rings.